The number of hydrogen-bond donors (Lipinski definition) is 0. The van der Waals surface area contributed by atoms with E-state index in [1.165, 1.54) is 18.2 Å². The molecule has 2 aromatic rings. The number of carbonyl (C=O) groups is 1. The number of nitrogens with zero attached hydrogens (tertiary/aromatic N) is 2. The van der Waals surface area contributed by atoms with Crippen molar-refractivity contribution in [1.82, 2.24) is 9.55 Å². The number of imidazole rings is 1. The van der Waals surface area contributed by atoms with Crippen molar-refractivity contribution >= 4 is 17.4 Å². The predicted octanol–water partition coefficient (Wildman–Crippen LogP) is 3.12. The van der Waals surface area contributed by atoms with E-state index in [-0.39, 0.29) is 22.8 Å². The van der Waals surface area contributed by atoms with Crippen LogP contribution in [0.4, 0.5) is 4.39 Å². The molecule has 3 nitrogen and oxygen atoms in total. The maximum absolute atomic E-state index is 13.6. The molecule has 0 spiro atoms. The van der Waals surface area contributed by atoms with E-state index < -0.39 is 5.82 Å². The molecular formula is C13H12ClFN2O. The van der Waals surface area contributed by atoms with Crippen LogP contribution >= 0.6 is 11.6 Å². The Hall–Kier alpha value is -1.68. The average Bonchev–Trinajstić information content (AvgIpc) is 2.76. The molecule has 1 heterocycles. The topological polar surface area (TPSA) is 34.9 Å². The molecule has 2 rings (SSSR count). The van der Waals surface area contributed by atoms with Crippen LogP contribution in [0.15, 0.2) is 30.6 Å². The summed E-state index contributed by atoms with van der Waals surface area (Å²) in [5.41, 5.74) is -0.0650. The first-order valence-electron chi connectivity index (χ1n) is 5.60. The number of benzene rings is 1. The Morgan fingerprint density at radius 2 is 2.28 bits per heavy atom. The second-order valence-corrected chi connectivity index (χ2v) is 4.23. The van der Waals surface area contributed by atoms with Gasteiger partial charge in [0.25, 0.3) is 0 Å². The summed E-state index contributed by atoms with van der Waals surface area (Å²) in [5.74, 6) is -0.345. The van der Waals surface area contributed by atoms with Gasteiger partial charge < -0.3 is 4.57 Å². The van der Waals surface area contributed by atoms with E-state index in [0.29, 0.717) is 12.4 Å². The second kappa shape index (κ2) is 5.31. The van der Waals surface area contributed by atoms with E-state index in [4.69, 9.17) is 11.6 Å². The standard InChI is InChI=1S/C13H12ClFN2O/c1-2-17-7-6-16-12(17)8-11(18)13-9(14)4-3-5-10(13)15/h3-7H,2,8H2,1H3. The van der Waals surface area contributed by atoms with Crippen LogP contribution in [0.1, 0.15) is 23.1 Å². The zero-order valence-corrected chi connectivity index (χ0v) is 10.6. The van der Waals surface area contributed by atoms with Gasteiger partial charge in [-0.3, -0.25) is 4.79 Å². The highest BCUT2D eigenvalue weighted by Crippen LogP contribution is 2.20. The van der Waals surface area contributed by atoms with Crippen molar-refractivity contribution in [3.8, 4) is 0 Å². The number of halogens is 2. The zero-order valence-electron chi connectivity index (χ0n) is 9.86. The minimum absolute atomic E-state index is 0.0431. The average molecular weight is 267 g/mol. The third-order valence-electron chi connectivity index (χ3n) is 2.70. The summed E-state index contributed by atoms with van der Waals surface area (Å²) in [4.78, 5) is 16.1. The Kier molecular flexibility index (Phi) is 3.77. The van der Waals surface area contributed by atoms with Crippen molar-refractivity contribution in [3.05, 3.63) is 52.8 Å². The van der Waals surface area contributed by atoms with Crippen LogP contribution in [0.2, 0.25) is 5.02 Å². The fourth-order valence-corrected chi connectivity index (χ4v) is 2.06. The van der Waals surface area contributed by atoms with Crippen LogP contribution in [0, 0.1) is 5.82 Å². The molecule has 1 aromatic heterocycles. The van der Waals surface area contributed by atoms with E-state index >= 15 is 0 Å². The molecule has 0 saturated carbocycles. The molecule has 0 aliphatic carbocycles. The molecule has 0 N–H and O–H groups in total. The molecule has 0 unspecified atom stereocenters. The monoisotopic (exact) mass is 266 g/mol. The number of Topliss-reactive ketones (excluding diaryl/α,β-unsaturated/α-hetero) is 1. The summed E-state index contributed by atoms with van der Waals surface area (Å²) in [6.45, 7) is 2.67. The number of ketones is 1. The Balaban J connectivity index is 2.28. The smallest absolute Gasteiger partial charge is 0.174 e. The van der Waals surface area contributed by atoms with Gasteiger partial charge in [0.05, 0.1) is 17.0 Å². The first-order chi connectivity index (χ1) is 8.63. The molecule has 0 bridgehead atoms. The summed E-state index contributed by atoms with van der Waals surface area (Å²) in [6, 6.07) is 4.21. The van der Waals surface area contributed by atoms with Crippen molar-refractivity contribution in [2.75, 3.05) is 0 Å². The lowest BCUT2D eigenvalue weighted by atomic mass is 10.1. The van der Waals surface area contributed by atoms with E-state index in [2.05, 4.69) is 4.98 Å². The lowest BCUT2D eigenvalue weighted by molar-refractivity contribution is 0.0986. The van der Waals surface area contributed by atoms with Crippen molar-refractivity contribution in [2.24, 2.45) is 0 Å². The maximum atomic E-state index is 13.6. The van der Waals surface area contributed by atoms with E-state index in [0.717, 1.165) is 0 Å². The fraction of sp³-hybridized carbons (Fsp3) is 0.231. The second-order valence-electron chi connectivity index (χ2n) is 3.83. The number of aryl methyl sites for hydroxylation is 1. The largest absolute Gasteiger partial charge is 0.335 e. The molecule has 0 aliphatic heterocycles. The Morgan fingerprint density at radius 3 is 2.94 bits per heavy atom. The fourth-order valence-electron chi connectivity index (χ4n) is 1.79. The van der Waals surface area contributed by atoms with Gasteiger partial charge in [-0.25, -0.2) is 9.37 Å². The molecule has 0 saturated heterocycles. The summed E-state index contributed by atoms with van der Waals surface area (Å²) in [6.07, 6.45) is 3.45. The molecule has 0 fully saturated rings. The number of rotatable bonds is 4. The highest BCUT2D eigenvalue weighted by atomic mass is 35.5. The van der Waals surface area contributed by atoms with Gasteiger partial charge in [-0.1, -0.05) is 17.7 Å². The third kappa shape index (κ3) is 2.43. The molecule has 18 heavy (non-hydrogen) atoms. The van der Waals surface area contributed by atoms with Gasteiger partial charge >= 0.3 is 0 Å². The quantitative estimate of drug-likeness (QED) is 0.797. The van der Waals surface area contributed by atoms with Gasteiger partial charge in [-0.05, 0) is 19.1 Å². The van der Waals surface area contributed by atoms with Crippen molar-refractivity contribution in [1.29, 1.82) is 0 Å². The lowest BCUT2D eigenvalue weighted by Crippen LogP contribution is -2.11. The minimum atomic E-state index is -0.595. The first kappa shape index (κ1) is 12.8. The van der Waals surface area contributed by atoms with Crippen LogP contribution in [0.5, 0.6) is 0 Å². The SMILES string of the molecule is CCn1ccnc1CC(=O)c1c(F)cccc1Cl. The Labute approximate surface area is 109 Å². The molecule has 1 aromatic carbocycles. The van der Waals surface area contributed by atoms with Crippen molar-refractivity contribution < 1.29 is 9.18 Å². The van der Waals surface area contributed by atoms with E-state index in [1.807, 2.05) is 11.5 Å². The molecule has 0 atom stereocenters. The maximum Gasteiger partial charge on any atom is 0.174 e. The summed E-state index contributed by atoms with van der Waals surface area (Å²) >= 11 is 5.85. The zero-order chi connectivity index (χ0) is 13.1. The van der Waals surface area contributed by atoms with Gasteiger partial charge in [0.2, 0.25) is 0 Å². The molecule has 0 radical (unpaired) electrons. The van der Waals surface area contributed by atoms with Crippen molar-refractivity contribution in [3.63, 3.8) is 0 Å². The minimum Gasteiger partial charge on any atom is -0.335 e. The van der Waals surface area contributed by atoms with E-state index in [9.17, 15) is 9.18 Å². The lowest BCUT2D eigenvalue weighted by Gasteiger charge is -2.06. The first-order valence-corrected chi connectivity index (χ1v) is 5.98. The van der Waals surface area contributed by atoms with Crippen LogP contribution in [0.25, 0.3) is 0 Å². The van der Waals surface area contributed by atoms with Gasteiger partial charge in [0, 0.05) is 18.9 Å². The molecular weight excluding hydrogens is 255 g/mol. The predicted molar refractivity (Wildman–Crippen MR) is 67.3 cm³/mol. The Bertz CT molecular complexity index is 560. The number of aromatic nitrogens is 2. The summed E-state index contributed by atoms with van der Waals surface area (Å²) < 4.78 is 15.4. The Morgan fingerprint density at radius 1 is 1.50 bits per heavy atom. The van der Waals surface area contributed by atoms with E-state index in [1.54, 1.807) is 12.4 Å². The highest BCUT2D eigenvalue weighted by molar-refractivity contribution is 6.34. The normalized spacial score (nSPS) is 10.6. The van der Waals surface area contributed by atoms with Gasteiger partial charge in [-0.15, -0.1) is 0 Å². The summed E-state index contributed by atoms with van der Waals surface area (Å²) in [5, 5.41) is 0.134. The van der Waals surface area contributed by atoms with Crippen LogP contribution in [-0.2, 0) is 13.0 Å². The third-order valence-corrected chi connectivity index (χ3v) is 3.02. The number of carbonyl (C=O) groups excluding carboxylic acids is 1. The molecule has 0 aliphatic rings. The molecule has 5 heteroatoms. The van der Waals surface area contributed by atoms with Crippen LogP contribution in [-0.4, -0.2) is 15.3 Å². The van der Waals surface area contributed by atoms with Crippen LogP contribution in [0.3, 0.4) is 0 Å². The van der Waals surface area contributed by atoms with Crippen molar-refractivity contribution in [2.45, 2.75) is 19.9 Å². The summed E-state index contributed by atoms with van der Waals surface area (Å²) in [7, 11) is 0. The van der Waals surface area contributed by atoms with Gasteiger partial charge in [0.1, 0.15) is 11.6 Å². The molecule has 0 amide bonds. The van der Waals surface area contributed by atoms with Crippen LogP contribution < -0.4 is 0 Å². The number of hydrogen-bond acceptors (Lipinski definition) is 2. The van der Waals surface area contributed by atoms with Gasteiger partial charge in [-0.2, -0.15) is 0 Å². The van der Waals surface area contributed by atoms with Gasteiger partial charge in [0.15, 0.2) is 5.78 Å². The highest BCUT2D eigenvalue weighted by Gasteiger charge is 2.17. The molecule has 94 valence electrons.